The van der Waals surface area contributed by atoms with E-state index in [9.17, 15) is 4.79 Å². The largest absolute Gasteiger partial charge is 0.497 e. The highest BCUT2D eigenvalue weighted by atomic mass is 16.5. The van der Waals surface area contributed by atoms with Crippen molar-refractivity contribution < 1.29 is 14.3 Å². The lowest BCUT2D eigenvalue weighted by Gasteiger charge is -2.38. The van der Waals surface area contributed by atoms with Gasteiger partial charge in [-0.1, -0.05) is 38.1 Å². The second kappa shape index (κ2) is 9.60. The minimum Gasteiger partial charge on any atom is -0.497 e. The Hall–Kier alpha value is -2.53. The molecule has 0 radical (unpaired) electrons. The van der Waals surface area contributed by atoms with Gasteiger partial charge in [0, 0.05) is 25.7 Å². The quantitative estimate of drug-likeness (QED) is 0.761. The number of ether oxygens (including phenoxy) is 2. The summed E-state index contributed by atoms with van der Waals surface area (Å²) < 4.78 is 10.7. The molecule has 0 spiro atoms. The highest BCUT2D eigenvalue weighted by Crippen LogP contribution is 2.23. The molecule has 0 saturated carbocycles. The van der Waals surface area contributed by atoms with Crippen LogP contribution in [-0.2, 0) is 17.8 Å². The lowest BCUT2D eigenvalue weighted by molar-refractivity contribution is -0.123. The van der Waals surface area contributed by atoms with Crippen LogP contribution >= 0.6 is 0 Å². The number of hydrogen-bond acceptors (Lipinski definition) is 4. The van der Waals surface area contributed by atoms with Crippen molar-refractivity contribution in [2.75, 3.05) is 26.8 Å². The minimum absolute atomic E-state index is 0.0139. The zero-order valence-corrected chi connectivity index (χ0v) is 17.0. The monoisotopic (exact) mass is 382 g/mol. The predicted molar refractivity (Wildman–Crippen MR) is 111 cm³/mol. The molecule has 5 nitrogen and oxygen atoms in total. The second-order valence-corrected chi connectivity index (χ2v) is 7.57. The van der Waals surface area contributed by atoms with Crippen LogP contribution in [0, 0.1) is 5.92 Å². The lowest BCUT2D eigenvalue weighted by Crippen LogP contribution is -2.49. The zero-order chi connectivity index (χ0) is 19.9. The number of carbonyl (C=O) groups excluding carboxylic acids is 1. The van der Waals surface area contributed by atoms with Gasteiger partial charge in [0.2, 0.25) is 0 Å². The van der Waals surface area contributed by atoms with E-state index in [1.165, 1.54) is 11.1 Å². The molecule has 1 N–H and O–H groups in total. The van der Waals surface area contributed by atoms with Crippen LogP contribution in [0.4, 0.5) is 0 Å². The van der Waals surface area contributed by atoms with E-state index in [2.05, 4.69) is 48.3 Å². The molecule has 28 heavy (non-hydrogen) atoms. The number of nitrogens with one attached hydrogen (secondary N) is 1. The van der Waals surface area contributed by atoms with Crippen molar-refractivity contribution in [1.82, 2.24) is 10.2 Å². The Morgan fingerprint density at radius 1 is 1.07 bits per heavy atom. The van der Waals surface area contributed by atoms with Crippen molar-refractivity contribution in [3.63, 3.8) is 0 Å². The Balaban J connectivity index is 1.50. The molecule has 2 aromatic rings. The van der Waals surface area contributed by atoms with E-state index in [-0.39, 0.29) is 12.5 Å². The van der Waals surface area contributed by atoms with Gasteiger partial charge in [0.1, 0.15) is 11.5 Å². The van der Waals surface area contributed by atoms with Gasteiger partial charge in [-0.15, -0.1) is 0 Å². The first kappa shape index (κ1) is 20.2. The van der Waals surface area contributed by atoms with Crippen LogP contribution in [0.25, 0.3) is 0 Å². The van der Waals surface area contributed by atoms with E-state index < -0.39 is 0 Å². The maximum absolute atomic E-state index is 12.3. The van der Waals surface area contributed by atoms with E-state index >= 15 is 0 Å². The number of carbonyl (C=O) groups is 1. The fraction of sp³-hybridized carbons (Fsp3) is 0.435. The number of amides is 1. The Labute approximate surface area is 167 Å². The molecule has 0 saturated heterocycles. The maximum Gasteiger partial charge on any atom is 0.257 e. The van der Waals surface area contributed by atoms with Gasteiger partial charge < -0.3 is 14.8 Å². The van der Waals surface area contributed by atoms with Crippen LogP contribution in [-0.4, -0.2) is 43.7 Å². The van der Waals surface area contributed by atoms with E-state index in [1.54, 1.807) is 19.2 Å². The van der Waals surface area contributed by atoms with E-state index in [0.29, 0.717) is 24.3 Å². The van der Waals surface area contributed by atoms with Gasteiger partial charge in [0.25, 0.3) is 5.91 Å². The molecule has 1 amide bonds. The lowest BCUT2D eigenvalue weighted by atomic mass is 9.95. The second-order valence-electron chi connectivity index (χ2n) is 7.57. The number of fused-ring (bicyclic) bond motifs is 1. The van der Waals surface area contributed by atoms with Crippen LogP contribution in [0.1, 0.15) is 25.0 Å². The fourth-order valence-electron chi connectivity index (χ4n) is 3.68. The first-order chi connectivity index (χ1) is 13.6. The Kier molecular flexibility index (Phi) is 6.93. The first-order valence-electron chi connectivity index (χ1n) is 9.91. The standard InChI is InChI=1S/C23H30N2O3/c1-17(2)22(25-13-12-18-6-4-5-7-19(18)15-25)14-24-23(26)16-28-21-10-8-20(27-3)9-11-21/h4-11,17,22H,12-16H2,1-3H3,(H,24,26)/t22-/m1/s1. The molecule has 2 aromatic carbocycles. The van der Waals surface area contributed by atoms with Crippen molar-refractivity contribution in [2.24, 2.45) is 5.92 Å². The Bertz CT molecular complexity index is 774. The molecule has 0 bridgehead atoms. The third kappa shape index (κ3) is 5.26. The molecule has 150 valence electrons. The summed E-state index contributed by atoms with van der Waals surface area (Å²) in [4.78, 5) is 14.8. The molecule has 1 heterocycles. The van der Waals surface area contributed by atoms with E-state index in [1.807, 2.05) is 12.1 Å². The molecule has 0 aromatic heterocycles. The highest BCUT2D eigenvalue weighted by molar-refractivity contribution is 5.77. The summed E-state index contributed by atoms with van der Waals surface area (Å²) >= 11 is 0. The number of benzene rings is 2. The Morgan fingerprint density at radius 3 is 2.43 bits per heavy atom. The molecule has 0 unspecified atom stereocenters. The zero-order valence-electron chi connectivity index (χ0n) is 17.0. The summed E-state index contributed by atoms with van der Waals surface area (Å²) in [5.74, 6) is 1.77. The van der Waals surface area contributed by atoms with Crippen LogP contribution < -0.4 is 14.8 Å². The molecule has 0 aliphatic carbocycles. The minimum atomic E-state index is -0.0983. The Morgan fingerprint density at radius 2 is 1.75 bits per heavy atom. The van der Waals surface area contributed by atoms with Crippen molar-refractivity contribution in [1.29, 1.82) is 0 Å². The van der Waals surface area contributed by atoms with Gasteiger partial charge in [-0.25, -0.2) is 0 Å². The summed E-state index contributed by atoms with van der Waals surface area (Å²) in [6, 6.07) is 16.2. The van der Waals surface area contributed by atoms with Crippen molar-refractivity contribution in [3.8, 4) is 11.5 Å². The van der Waals surface area contributed by atoms with Gasteiger partial charge >= 0.3 is 0 Å². The van der Waals surface area contributed by atoms with Crippen LogP contribution in [0.15, 0.2) is 48.5 Å². The number of hydrogen-bond donors (Lipinski definition) is 1. The van der Waals surface area contributed by atoms with E-state index in [4.69, 9.17) is 9.47 Å². The molecule has 0 fully saturated rings. The first-order valence-corrected chi connectivity index (χ1v) is 9.91. The average molecular weight is 383 g/mol. The van der Waals surface area contributed by atoms with Crippen LogP contribution in [0.2, 0.25) is 0 Å². The van der Waals surface area contributed by atoms with Gasteiger partial charge in [-0.2, -0.15) is 0 Å². The molecule has 5 heteroatoms. The third-order valence-electron chi connectivity index (χ3n) is 5.34. The van der Waals surface area contributed by atoms with Crippen molar-refractivity contribution >= 4 is 5.91 Å². The molecular weight excluding hydrogens is 352 g/mol. The number of nitrogens with zero attached hydrogens (tertiary/aromatic N) is 1. The predicted octanol–water partition coefficient (Wildman–Crippen LogP) is 3.27. The summed E-state index contributed by atoms with van der Waals surface area (Å²) in [6.45, 7) is 7.04. The topological polar surface area (TPSA) is 50.8 Å². The van der Waals surface area contributed by atoms with Crippen molar-refractivity contribution in [2.45, 2.75) is 32.9 Å². The summed E-state index contributed by atoms with van der Waals surface area (Å²) in [5.41, 5.74) is 2.84. The van der Waals surface area contributed by atoms with Gasteiger partial charge in [0.05, 0.1) is 7.11 Å². The fourth-order valence-corrected chi connectivity index (χ4v) is 3.68. The van der Waals surface area contributed by atoms with Gasteiger partial charge in [-0.3, -0.25) is 9.69 Å². The summed E-state index contributed by atoms with van der Waals surface area (Å²) in [6.07, 6.45) is 1.06. The molecule has 1 aliphatic rings. The third-order valence-corrected chi connectivity index (χ3v) is 5.34. The van der Waals surface area contributed by atoms with E-state index in [0.717, 1.165) is 25.3 Å². The maximum atomic E-state index is 12.3. The SMILES string of the molecule is COc1ccc(OCC(=O)NC[C@H](C(C)C)N2CCc3ccccc3C2)cc1. The van der Waals surface area contributed by atoms with Crippen LogP contribution in [0.3, 0.4) is 0 Å². The van der Waals surface area contributed by atoms with Gasteiger partial charge in [0.15, 0.2) is 6.61 Å². The van der Waals surface area contributed by atoms with Crippen LogP contribution in [0.5, 0.6) is 11.5 Å². The molecular formula is C23H30N2O3. The highest BCUT2D eigenvalue weighted by Gasteiger charge is 2.26. The molecule has 1 aliphatic heterocycles. The number of rotatable bonds is 8. The van der Waals surface area contributed by atoms with Crippen molar-refractivity contribution in [3.05, 3.63) is 59.7 Å². The average Bonchev–Trinajstić information content (AvgIpc) is 2.72. The summed E-state index contributed by atoms with van der Waals surface area (Å²) in [5, 5.41) is 3.05. The summed E-state index contributed by atoms with van der Waals surface area (Å²) in [7, 11) is 1.62. The normalized spacial score (nSPS) is 15.0. The smallest absolute Gasteiger partial charge is 0.257 e. The molecule has 1 atom stereocenters. The number of methoxy groups -OCH3 is 1. The van der Waals surface area contributed by atoms with Gasteiger partial charge in [-0.05, 0) is 47.7 Å². The molecule has 3 rings (SSSR count).